The molecule has 0 heterocycles. The van der Waals surface area contributed by atoms with Gasteiger partial charge in [0, 0.05) is 24.1 Å². The van der Waals surface area contributed by atoms with Gasteiger partial charge in [-0.25, -0.2) is 4.39 Å². The van der Waals surface area contributed by atoms with E-state index in [1.54, 1.807) is 6.07 Å². The van der Waals surface area contributed by atoms with Crippen LogP contribution < -0.4 is 10.1 Å². The number of nitrogens with one attached hydrogen (secondary N) is 1. The van der Waals surface area contributed by atoms with Crippen LogP contribution in [0.5, 0.6) is 5.75 Å². The van der Waals surface area contributed by atoms with E-state index in [1.165, 1.54) is 6.07 Å². The van der Waals surface area contributed by atoms with Crippen LogP contribution in [0.4, 0.5) is 4.39 Å². The lowest BCUT2D eigenvalue weighted by Gasteiger charge is -2.14. The molecular weight excluding hydrogens is 229 g/mol. The van der Waals surface area contributed by atoms with Gasteiger partial charge < -0.3 is 10.1 Å². The standard InChI is InChI=1S/C15H22FNO/c1-5-17-12(4)14-7-6-13(10-15(14)16)18-9-8-11(2)3/h6-7,10,12,17H,2,5,8-9H2,1,3-4H3. The summed E-state index contributed by atoms with van der Waals surface area (Å²) < 4.78 is 19.3. The van der Waals surface area contributed by atoms with Gasteiger partial charge >= 0.3 is 0 Å². The Kier molecular flexibility index (Phi) is 5.86. The van der Waals surface area contributed by atoms with Crippen molar-refractivity contribution >= 4 is 0 Å². The second kappa shape index (κ2) is 7.17. The average molecular weight is 251 g/mol. The summed E-state index contributed by atoms with van der Waals surface area (Å²) in [5.74, 6) is 0.345. The van der Waals surface area contributed by atoms with Crippen molar-refractivity contribution in [3.05, 3.63) is 41.7 Å². The van der Waals surface area contributed by atoms with Gasteiger partial charge in [-0.05, 0) is 26.5 Å². The van der Waals surface area contributed by atoms with Gasteiger partial charge in [-0.1, -0.05) is 18.6 Å². The Bertz CT molecular complexity index is 403. The average Bonchev–Trinajstić information content (AvgIpc) is 2.28. The molecule has 1 rings (SSSR count). The van der Waals surface area contributed by atoms with Crippen molar-refractivity contribution in [1.82, 2.24) is 5.32 Å². The minimum absolute atomic E-state index is 0.0134. The zero-order valence-corrected chi connectivity index (χ0v) is 11.4. The van der Waals surface area contributed by atoms with Gasteiger partial charge in [-0.3, -0.25) is 0 Å². The second-order valence-corrected chi connectivity index (χ2v) is 4.52. The molecular formula is C15H22FNO. The molecule has 0 spiro atoms. The molecule has 0 aromatic heterocycles. The third-order valence-corrected chi connectivity index (χ3v) is 2.75. The normalized spacial score (nSPS) is 12.2. The largest absolute Gasteiger partial charge is 0.493 e. The highest BCUT2D eigenvalue weighted by molar-refractivity contribution is 5.30. The van der Waals surface area contributed by atoms with Gasteiger partial charge in [-0.15, -0.1) is 6.58 Å². The number of ether oxygens (including phenoxy) is 1. The van der Waals surface area contributed by atoms with E-state index in [2.05, 4.69) is 11.9 Å². The molecule has 2 nitrogen and oxygen atoms in total. The van der Waals surface area contributed by atoms with Gasteiger partial charge in [0.1, 0.15) is 11.6 Å². The Balaban J connectivity index is 2.64. The summed E-state index contributed by atoms with van der Waals surface area (Å²) in [5.41, 5.74) is 1.73. The fourth-order valence-corrected chi connectivity index (χ4v) is 1.71. The summed E-state index contributed by atoms with van der Waals surface area (Å²) in [7, 11) is 0. The molecule has 1 N–H and O–H groups in total. The molecule has 1 atom stereocenters. The van der Waals surface area contributed by atoms with Crippen molar-refractivity contribution in [1.29, 1.82) is 0 Å². The van der Waals surface area contributed by atoms with Gasteiger partial charge in [0.15, 0.2) is 0 Å². The molecule has 1 aromatic carbocycles. The summed E-state index contributed by atoms with van der Waals surface area (Å²) in [5, 5.41) is 3.19. The highest BCUT2D eigenvalue weighted by Gasteiger charge is 2.10. The van der Waals surface area contributed by atoms with Crippen molar-refractivity contribution in [3.63, 3.8) is 0 Å². The maximum Gasteiger partial charge on any atom is 0.131 e. The Hall–Kier alpha value is -1.35. The lowest BCUT2D eigenvalue weighted by molar-refractivity contribution is 0.319. The van der Waals surface area contributed by atoms with Gasteiger partial charge in [0.05, 0.1) is 6.61 Å². The van der Waals surface area contributed by atoms with E-state index in [0.717, 1.165) is 18.5 Å². The smallest absolute Gasteiger partial charge is 0.131 e. The number of benzene rings is 1. The molecule has 1 unspecified atom stereocenters. The van der Waals surface area contributed by atoms with Crippen LogP contribution in [-0.4, -0.2) is 13.2 Å². The van der Waals surface area contributed by atoms with E-state index >= 15 is 0 Å². The number of hydrogen-bond acceptors (Lipinski definition) is 2. The summed E-state index contributed by atoms with van der Waals surface area (Å²) in [6.07, 6.45) is 0.789. The van der Waals surface area contributed by atoms with Crippen LogP contribution in [0.25, 0.3) is 0 Å². The van der Waals surface area contributed by atoms with Crippen molar-refractivity contribution < 1.29 is 9.13 Å². The van der Waals surface area contributed by atoms with E-state index in [-0.39, 0.29) is 11.9 Å². The Morgan fingerprint density at radius 2 is 2.22 bits per heavy atom. The summed E-state index contributed by atoms with van der Waals surface area (Å²) >= 11 is 0. The fourth-order valence-electron chi connectivity index (χ4n) is 1.71. The monoisotopic (exact) mass is 251 g/mol. The predicted octanol–water partition coefficient (Wildman–Crippen LogP) is 3.84. The lowest BCUT2D eigenvalue weighted by Crippen LogP contribution is -2.18. The number of halogens is 1. The first-order chi connectivity index (χ1) is 8.54. The van der Waals surface area contributed by atoms with Crippen molar-refractivity contribution in [2.24, 2.45) is 0 Å². The maximum atomic E-state index is 13.9. The zero-order chi connectivity index (χ0) is 13.5. The molecule has 3 heteroatoms. The van der Waals surface area contributed by atoms with E-state index in [4.69, 9.17) is 4.74 Å². The quantitative estimate of drug-likeness (QED) is 0.743. The van der Waals surface area contributed by atoms with Gasteiger partial charge in [0.25, 0.3) is 0 Å². The van der Waals surface area contributed by atoms with Crippen LogP contribution in [0.2, 0.25) is 0 Å². The minimum atomic E-state index is -0.226. The van der Waals surface area contributed by atoms with Crippen LogP contribution in [-0.2, 0) is 0 Å². The molecule has 18 heavy (non-hydrogen) atoms. The van der Waals surface area contributed by atoms with Crippen molar-refractivity contribution in [3.8, 4) is 5.75 Å². The van der Waals surface area contributed by atoms with Crippen LogP contribution in [0, 0.1) is 5.82 Å². The predicted molar refractivity (Wildman–Crippen MR) is 73.4 cm³/mol. The lowest BCUT2D eigenvalue weighted by atomic mass is 10.1. The van der Waals surface area contributed by atoms with Crippen LogP contribution in [0.3, 0.4) is 0 Å². The third kappa shape index (κ3) is 4.49. The highest BCUT2D eigenvalue weighted by atomic mass is 19.1. The van der Waals surface area contributed by atoms with E-state index in [1.807, 2.05) is 26.8 Å². The molecule has 0 saturated heterocycles. The van der Waals surface area contributed by atoms with Crippen molar-refractivity contribution in [2.75, 3.05) is 13.2 Å². The first-order valence-corrected chi connectivity index (χ1v) is 6.34. The molecule has 100 valence electrons. The SMILES string of the molecule is C=C(C)CCOc1ccc(C(C)NCC)c(F)c1. The second-order valence-electron chi connectivity index (χ2n) is 4.52. The molecule has 1 aromatic rings. The Morgan fingerprint density at radius 3 is 2.78 bits per heavy atom. The molecule has 0 aliphatic rings. The van der Waals surface area contributed by atoms with E-state index in [0.29, 0.717) is 17.9 Å². The van der Waals surface area contributed by atoms with Gasteiger partial charge in [-0.2, -0.15) is 0 Å². The molecule has 0 saturated carbocycles. The maximum absolute atomic E-state index is 13.9. The summed E-state index contributed by atoms with van der Waals surface area (Å²) in [4.78, 5) is 0. The zero-order valence-electron chi connectivity index (χ0n) is 11.4. The molecule has 0 amide bonds. The van der Waals surface area contributed by atoms with Crippen LogP contribution in [0.1, 0.15) is 38.8 Å². The van der Waals surface area contributed by atoms with E-state index in [9.17, 15) is 4.39 Å². The minimum Gasteiger partial charge on any atom is -0.493 e. The topological polar surface area (TPSA) is 21.3 Å². The Morgan fingerprint density at radius 1 is 1.50 bits per heavy atom. The molecule has 0 aliphatic heterocycles. The Labute approximate surface area is 109 Å². The fraction of sp³-hybridized carbons (Fsp3) is 0.467. The first-order valence-electron chi connectivity index (χ1n) is 6.34. The third-order valence-electron chi connectivity index (χ3n) is 2.75. The molecule has 0 radical (unpaired) electrons. The number of hydrogen-bond donors (Lipinski definition) is 1. The summed E-state index contributed by atoms with van der Waals surface area (Å²) in [6.45, 7) is 11.1. The first kappa shape index (κ1) is 14.7. The molecule has 0 fully saturated rings. The molecule has 0 aliphatic carbocycles. The molecule has 0 bridgehead atoms. The van der Waals surface area contributed by atoms with Crippen LogP contribution >= 0.6 is 0 Å². The summed E-state index contributed by atoms with van der Waals surface area (Å²) in [6, 6.07) is 5.05. The van der Waals surface area contributed by atoms with E-state index < -0.39 is 0 Å². The van der Waals surface area contributed by atoms with Crippen molar-refractivity contribution in [2.45, 2.75) is 33.2 Å². The number of rotatable bonds is 7. The van der Waals surface area contributed by atoms with Crippen LogP contribution in [0.15, 0.2) is 30.4 Å². The highest BCUT2D eigenvalue weighted by Crippen LogP contribution is 2.22. The van der Waals surface area contributed by atoms with Gasteiger partial charge in [0.2, 0.25) is 0 Å².